The number of rotatable bonds is 9. The van der Waals surface area contributed by atoms with E-state index in [2.05, 4.69) is 6.92 Å². The van der Waals surface area contributed by atoms with Gasteiger partial charge in [-0.25, -0.2) is 9.69 Å². The Morgan fingerprint density at radius 1 is 1.20 bits per heavy atom. The SMILES string of the molecule is CCCCCCC/C=C(\C)C(=O)N1C(=O)OC[C@@H]1Cc1ccccc1. The van der Waals surface area contributed by atoms with E-state index in [1.807, 2.05) is 36.4 Å². The number of carbonyl (C=O) groups excluding carboxylic acids is 2. The van der Waals surface area contributed by atoms with Crippen molar-refractivity contribution in [2.45, 2.75) is 64.8 Å². The summed E-state index contributed by atoms with van der Waals surface area (Å²) >= 11 is 0. The molecular formula is C21H29NO3. The number of cyclic esters (lactones) is 1. The Hall–Kier alpha value is -2.10. The van der Waals surface area contributed by atoms with Crippen LogP contribution in [0.3, 0.4) is 0 Å². The lowest BCUT2D eigenvalue weighted by Gasteiger charge is -2.20. The molecule has 0 saturated carbocycles. The van der Waals surface area contributed by atoms with Crippen LogP contribution in [0, 0.1) is 0 Å². The highest BCUT2D eigenvalue weighted by Gasteiger charge is 2.38. The molecule has 0 N–H and O–H groups in total. The summed E-state index contributed by atoms with van der Waals surface area (Å²) in [6, 6.07) is 9.66. The fourth-order valence-corrected chi connectivity index (χ4v) is 3.09. The lowest BCUT2D eigenvalue weighted by Crippen LogP contribution is -2.40. The third-order valence-electron chi connectivity index (χ3n) is 4.59. The summed E-state index contributed by atoms with van der Waals surface area (Å²) in [5.41, 5.74) is 1.73. The first-order valence-electron chi connectivity index (χ1n) is 9.34. The Morgan fingerprint density at radius 3 is 2.64 bits per heavy atom. The van der Waals surface area contributed by atoms with Gasteiger partial charge < -0.3 is 4.74 Å². The van der Waals surface area contributed by atoms with Crippen LogP contribution in [0.15, 0.2) is 42.0 Å². The van der Waals surface area contributed by atoms with Crippen molar-refractivity contribution in [3.05, 3.63) is 47.5 Å². The Labute approximate surface area is 150 Å². The van der Waals surface area contributed by atoms with Gasteiger partial charge >= 0.3 is 6.09 Å². The molecule has 2 rings (SSSR count). The number of hydrogen-bond acceptors (Lipinski definition) is 3. The number of imide groups is 1. The third-order valence-corrected chi connectivity index (χ3v) is 4.59. The zero-order chi connectivity index (χ0) is 18.1. The molecule has 1 atom stereocenters. The average Bonchev–Trinajstić information content (AvgIpc) is 2.98. The molecule has 0 radical (unpaired) electrons. The van der Waals surface area contributed by atoms with Crippen LogP contribution in [0.1, 0.15) is 57.9 Å². The van der Waals surface area contributed by atoms with Crippen LogP contribution in [-0.2, 0) is 16.0 Å². The smallest absolute Gasteiger partial charge is 0.417 e. The molecule has 136 valence electrons. The highest BCUT2D eigenvalue weighted by molar-refractivity contribution is 6.03. The van der Waals surface area contributed by atoms with Crippen LogP contribution in [0.5, 0.6) is 0 Å². The van der Waals surface area contributed by atoms with E-state index in [9.17, 15) is 9.59 Å². The molecule has 0 bridgehead atoms. The quantitative estimate of drug-likeness (QED) is 0.474. The first-order chi connectivity index (χ1) is 12.1. The maximum absolute atomic E-state index is 12.7. The summed E-state index contributed by atoms with van der Waals surface area (Å²) in [5, 5.41) is 0. The summed E-state index contributed by atoms with van der Waals surface area (Å²) < 4.78 is 5.13. The monoisotopic (exact) mass is 343 g/mol. The minimum Gasteiger partial charge on any atom is -0.447 e. The number of nitrogens with zero attached hydrogens (tertiary/aromatic N) is 1. The molecule has 4 nitrogen and oxygen atoms in total. The Kier molecular flexibility index (Phi) is 7.71. The first-order valence-corrected chi connectivity index (χ1v) is 9.34. The highest BCUT2D eigenvalue weighted by atomic mass is 16.6. The van der Waals surface area contributed by atoms with E-state index in [1.54, 1.807) is 6.92 Å². The van der Waals surface area contributed by atoms with Crippen LogP contribution >= 0.6 is 0 Å². The van der Waals surface area contributed by atoms with Gasteiger partial charge in [0.1, 0.15) is 6.61 Å². The van der Waals surface area contributed by atoms with E-state index in [4.69, 9.17) is 4.74 Å². The number of hydrogen-bond donors (Lipinski definition) is 0. The fourth-order valence-electron chi connectivity index (χ4n) is 3.09. The zero-order valence-corrected chi connectivity index (χ0v) is 15.4. The Balaban J connectivity index is 1.91. The topological polar surface area (TPSA) is 46.6 Å². The molecule has 1 fully saturated rings. The van der Waals surface area contributed by atoms with E-state index in [1.165, 1.54) is 30.6 Å². The molecule has 1 aliphatic rings. The number of amides is 2. The molecule has 1 aromatic carbocycles. The number of benzene rings is 1. The normalized spacial score (nSPS) is 17.7. The van der Waals surface area contributed by atoms with Crippen LogP contribution in [0.4, 0.5) is 4.79 Å². The molecule has 1 saturated heterocycles. The largest absolute Gasteiger partial charge is 0.447 e. The van der Waals surface area contributed by atoms with Gasteiger partial charge in [0, 0.05) is 5.57 Å². The number of carbonyl (C=O) groups is 2. The molecule has 0 aliphatic carbocycles. The van der Waals surface area contributed by atoms with Crippen LogP contribution in [-0.4, -0.2) is 29.5 Å². The maximum Gasteiger partial charge on any atom is 0.417 e. The molecule has 0 aromatic heterocycles. The average molecular weight is 343 g/mol. The summed E-state index contributed by atoms with van der Waals surface area (Å²) in [6.45, 7) is 4.26. The summed E-state index contributed by atoms with van der Waals surface area (Å²) in [4.78, 5) is 26.0. The van der Waals surface area contributed by atoms with Gasteiger partial charge in [0.15, 0.2) is 0 Å². The van der Waals surface area contributed by atoms with Crippen molar-refractivity contribution in [3.63, 3.8) is 0 Å². The minimum atomic E-state index is -0.526. The fraction of sp³-hybridized carbons (Fsp3) is 0.524. The van der Waals surface area contributed by atoms with Crippen molar-refractivity contribution in [2.75, 3.05) is 6.61 Å². The van der Waals surface area contributed by atoms with Crippen molar-refractivity contribution < 1.29 is 14.3 Å². The van der Waals surface area contributed by atoms with Gasteiger partial charge in [0.2, 0.25) is 0 Å². The van der Waals surface area contributed by atoms with E-state index < -0.39 is 6.09 Å². The second kappa shape index (κ2) is 10.0. The summed E-state index contributed by atoms with van der Waals surface area (Å²) in [5.74, 6) is -0.225. The van der Waals surface area contributed by atoms with Crippen molar-refractivity contribution >= 4 is 12.0 Å². The first kappa shape index (κ1) is 19.2. The van der Waals surface area contributed by atoms with E-state index in [0.717, 1.165) is 18.4 Å². The molecule has 0 unspecified atom stereocenters. The summed E-state index contributed by atoms with van der Waals surface area (Å²) in [6.07, 6.45) is 8.96. The standard InChI is InChI=1S/C21H29NO3/c1-3-4-5-6-7-9-12-17(2)20(23)22-19(16-25-21(22)24)15-18-13-10-8-11-14-18/h8,10-14,19H,3-7,9,15-16H2,1-2H3/b17-12+/t19-/m0/s1. The Bertz CT molecular complexity index is 594. The second-order valence-corrected chi connectivity index (χ2v) is 6.69. The molecule has 1 aliphatic heterocycles. The van der Waals surface area contributed by atoms with Gasteiger partial charge in [-0.15, -0.1) is 0 Å². The van der Waals surface area contributed by atoms with E-state index in [-0.39, 0.29) is 18.6 Å². The van der Waals surface area contributed by atoms with Gasteiger partial charge in [-0.05, 0) is 31.7 Å². The molecule has 1 aromatic rings. The Morgan fingerprint density at radius 2 is 1.92 bits per heavy atom. The summed E-state index contributed by atoms with van der Waals surface area (Å²) in [7, 11) is 0. The second-order valence-electron chi connectivity index (χ2n) is 6.69. The van der Waals surface area contributed by atoms with Crippen molar-refractivity contribution in [2.24, 2.45) is 0 Å². The third kappa shape index (κ3) is 5.73. The van der Waals surface area contributed by atoms with E-state index >= 15 is 0 Å². The lowest BCUT2D eigenvalue weighted by atomic mass is 10.0. The minimum absolute atomic E-state index is 0.225. The predicted octanol–water partition coefficient (Wildman–Crippen LogP) is 4.88. The lowest BCUT2D eigenvalue weighted by molar-refractivity contribution is -0.125. The predicted molar refractivity (Wildman–Crippen MR) is 99.3 cm³/mol. The van der Waals surface area contributed by atoms with Crippen molar-refractivity contribution in [3.8, 4) is 0 Å². The number of allylic oxidation sites excluding steroid dienone is 1. The van der Waals surface area contributed by atoms with Crippen molar-refractivity contribution in [1.29, 1.82) is 0 Å². The van der Waals surface area contributed by atoms with Crippen LogP contribution < -0.4 is 0 Å². The van der Waals surface area contributed by atoms with Gasteiger partial charge in [-0.2, -0.15) is 0 Å². The number of ether oxygens (including phenoxy) is 1. The van der Waals surface area contributed by atoms with E-state index in [0.29, 0.717) is 12.0 Å². The molecule has 0 spiro atoms. The zero-order valence-electron chi connectivity index (χ0n) is 15.4. The molecule has 1 heterocycles. The number of unbranched alkanes of at least 4 members (excludes halogenated alkanes) is 5. The molecule has 4 heteroatoms. The van der Waals surface area contributed by atoms with Gasteiger partial charge in [0.05, 0.1) is 6.04 Å². The van der Waals surface area contributed by atoms with Crippen LogP contribution in [0.2, 0.25) is 0 Å². The maximum atomic E-state index is 12.7. The van der Waals surface area contributed by atoms with Crippen LogP contribution in [0.25, 0.3) is 0 Å². The molecule has 25 heavy (non-hydrogen) atoms. The van der Waals surface area contributed by atoms with Crippen molar-refractivity contribution in [1.82, 2.24) is 4.90 Å². The molecule has 2 amide bonds. The molecular weight excluding hydrogens is 314 g/mol. The van der Waals surface area contributed by atoms with Gasteiger partial charge in [-0.3, -0.25) is 4.79 Å². The van der Waals surface area contributed by atoms with Gasteiger partial charge in [-0.1, -0.05) is 69.0 Å². The van der Waals surface area contributed by atoms with Gasteiger partial charge in [0.25, 0.3) is 5.91 Å². The highest BCUT2D eigenvalue weighted by Crippen LogP contribution is 2.20.